The molecular weight excluding hydrogens is 346 g/mol. The van der Waals surface area contributed by atoms with Crippen molar-refractivity contribution in [1.82, 2.24) is 4.90 Å². The van der Waals surface area contributed by atoms with E-state index >= 15 is 0 Å². The lowest BCUT2D eigenvalue weighted by molar-refractivity contribution is 0.208. The molecule has 3 rings (SSSR count). The van der Waals surface area contributed by atoms with Crippen molar-refractivity contribution in [2.24, 2.45) is 0 Å². The summed E-state index contributed by atoms with van der Waals surface area (Å²) < 4.78 is 5.73. The van der Waals surface area contributed by atoms with E-state index < -0.39 is 0 Å². The van der Waals surface area contributed by atoms with E-state index in [0.29, 0.717) is 19.7 Å². The molecule has 0 aromatic heterocycles. The molecule has 1 saturated heterocycles. The van der Waals surface area contributed by atoms with Crippen molar-refractivity contribution in [2.45, 2.75) is 11.8 Å². The van der Waals surface area contributed by atoms with Crippen molar-refractivity contribution in [1.29, 1.82) is 0 Å². The van der Waals surface area contributed by atoms with Crippen LogP contribution in [0.3, 0.4) is 0 Å². The van der Waals surface area contributed by atoms with Crippen molar-refractivity contribution >= 4 is 29.2 Å². The number of carbonyl (C=O) groups is 1. The van der Waals surface area contributed by atoms with Crippen LogP contribution in [0.4, 0.5) is 16.2 Å². The van der Waals surface area contributed by atoms with E-state index in [1.54, 1.807) is 11.8 Å². The fourth-order valence-corrected chi connectivity index (χ4v) is 3.64. The molecular formula is C20H25N3O2S. The van der Waals surface area contributed by atoms with Gasteiger partial charge in [0.05, 0.1) is 18.0 Å². The number of hydrogen-bond acceptors (Lipinski definition) is 4. The maximum atomic E-state index is 12.6. The van der Waals surface area contributed by atoms with Gasteiger partial charge in [-0.1, -0.05) is 24.3 Å². The van der Waals surface area contributed by atoms with Crippen LogP contribution in [0.5, 0.6) is 5.75 Å². The second-order valence-corrected chi connectivity index (χ2v) is 6.85. The Morgan fingerprint density at radius 3 is 2.50 bits per heavy atom. The summed E-state index contributed by atoms with van der Waals surface area (Å²) in [5.74, 6) is 0.904. The molecule has 0 atom stereocenters. The van der Waals surface area contributed by atoms with Gasteiger partial charge in [-0.3, -0.25) is 0 Å². The topological polar surface area (TPSA) is 44.8 Å². The van der Waals surface area contributed by atoms with Gasteiger partial charge >= 0.3 is 6.03 Å². The van der Waals surface area contributed by atoms with Crippen LogP contribution < -0.4 is 15.0 Å². The number of piperazine rings is 1. The molecule has 1 aliphatic rings. The van der Waals surface area contributed by atoms with E-state index in [1.807, 2.05) is 60.5 Å². The minimum absolute atomic E-state index is 0.0377. The third-order valence-electron chi connectivity index (χ3n) is 4.42. The molecule has 6 heteroatoms. The number of anilines is 2. The monoisotopic (exact) mass is 371 g/mol. The quantitative estimate of drug-likeness (QED) is 0.802. The molecule has 2 aromatic rings. The van der Waals surface area contributed by atoms with Gasteiger partial charge in [0, 0.05) is 31.1 Å². The van der Waals surface area contributed by atoms with Gasteiger partial charge in [-0.05, 0) is 37.4 Å². The van der Waals surface area contributed by atoms with Gasteiger partial charge in [-0.25, -0.2) is 4.79 Å². The highest BCUT2D eigenvalue weighted by Gasteiger charge is 2.23. The molecule has 0 bridgehead atoms. The number of urea groups is 1. The SMILES string of the molecule is CCOc1ccccc1N1CCN(C(=O)Nc2ccccc2SC)CC1. The Labute approximate surface area is 159 Å². The average Bonchev–Trinajstić information content (AvgIpc) is 2.69. The minimum Gasteiger partial charge on any atom is -0.492 e. The van der Waals surface area contributed by atoms with Gasteiger partial charge in [0.15, 0.2) is 0 Å². The van der Waals surface area contributed by atoms with Crippen LogP contribution in [0, 0.1) is 0 Å². The second kappa shape index (κ2) is 8.85. The van der Waals surface area contributed by atoms with Gasteiger partial charge in [-0.2, -0.15) is 0 Å². The molecule has 0 unspecified atom stereocenters. The van der Waals surface area contributed by atoms with Gasteiger partial charge in [0.2, 0.25) is 0 Å². The Morgan fingerprint density at radius 1 is 1.08 bits per heavy atom. The van der Waals surface area contributed by atoms with Crippen molar-refractivity contribution in [3.05, 3.63) is 48.5 Å². The van der Waals surface area contributed by atoms with Crippen molar-refractivity contribution < 1.29 is 9.53 Å². The number of benzene rings is 2. The van der Waals surface area contributed by atoms with E-state index in [4.69, 9.17) is 4.74 Å². The molecule has 1 heterocycles. The Morgan fingerprint density at radius 2 is 1.77 bits per heavy atom. The van der Waals surface area contributed by atoms with Crippen LogP contribution in [0.15, 0.2) is 53.4 Å². The minimum atomic E-state index is -0.0377. The maximum Gasteiger partial charge on any atom is 0.321 e. The first-order valence-corrected chi connectivity index (χ1v) is 10.1. The molecule has 0 aliphatic carbocycles. The fourth-order valence-electron chi connectivity index (χ4n) is 3.09. The normalized spacial score (nSPS) is 14.2. The third-order valence-corrected chi connectivity index (χ3v) is 5.22. The van der Waals surface area contributed by atoms with Crippen molar-refractivity contribution in [3.8, 4) is 5.75 Å². The van der Waals surface area contributed by atoms with Crippen LogP contribution in [0.2, 0.25) is 0 Å². The molecule has 5 nitrogen and oxygen atoms in total. The molecule has 138 valence electrons. The zero-order valence-corrected chi connectivity index (χ0v) is 16.1. The van der Waals surface area contributed by atoms with E-state index in [2.05, 4.69) is 16.3 Å². The van der Waals surface area contributed by atoms with Crippen LogP contribution in [-0.4, -0.2) is 50.0 Å². The molecule has 26 heavy (non-hydrogen) atoms. The Balaban J connectivity index is 1.61. The highest BCUT2D eigenvalue weighted by Crippen LogP contribution is 2.29. The summed E-state index contributed by atoms with van der Waals surface area (Å²) in [6.07, 6.45) is 2.01. The van der Waals surface area contributed by atoms with Gasteiger partial charge in [0.25, 0.3) is 0 Å². The molecule has 2 aromatic carbocycles. The molecule has 1 N–H and O–H groups in total. The van der Waals surface area contributed by atoms with Crippen LogP contribution in [0.25, 0.3) is 0 Å². The molecule has 1 aliphatic heterocycles. The van der Waals surface area contributed by atoms with Gasteiger partial charge < -0.3 is 19.9 Å². The number of nitrogens with zero attached hydrogens (tertiary/aromatic N) is 2. The lowest BCUT2D eigenvalue weighted by atomic mass is 10.2. The van der Waals surface area contributed by atoms with Crippen LogP contribution >= 0.6 is 11.8 Å². The number of ether oxygens (including phenoxy) is 1. The number of rotatable bonds is 5. The molecule has 2 amide bonds. The molecule has 1 fully saturated rings. The maximum absolute atomic E-state index is 12.6. The molecule has 0 radical (unpaired) electrons. The van der Waals surface area contributed by atoms with E-state index in [0.717, 1.165) is 35.1 Å². The smallest absolute Gasteiger partial charge is 0.321 e. The predicted molar refractivity (Wildman–Crippen MR) is 109 cm³/mol. The summed E-state index contributed by atoms with van der Waals surface area (Å²) in [4.78, 5) is 17.8. The van der Waals surface area contributed by atoms with Crippen molar-refractivity contribution in [3.63, 3.8) is 0 Å². The Bertz CT molecular complexity index is 745. The van der Waals surface area contributed by atoms with Crippen LogP contribution in [0.1, 0.15) is 6.92 Å². The zero-order valence-electron chi connectivity index (χ0n) is 15.3. The number of para-hydroxylation sites is 3. The first-order chi connectivity index (χ1) is 12.7. The summed E-state index contributed by atoms with van der Waals surface area (Å²) in [5, 5.41) is 3.04. The zero-order chi connectivity index (χ0) is 18.4. The predicted octanol–water partition coefficient (Wildman–Crippen LogP) is 4.16. The van der Waals surface area contributed by atoms with Gasteiger partial charge in [0.1, 0.15) is 5.75 Å². The number of nitrogens with one attached hydrogen (secondary N) is 1. The summed E-state index contributed by atoms with van der Waals surface area (Å²) in [6, 6.07) is 15.9. The number of amides is 2. The third kappa shape index (κ3) is 4.25. The number of carbonyl (C=O) groups excluding carboxylic acids is 1. The summed E-state index contributed by atoms with van der Waals surface area (Å²) in [6.45, 7) is 5.60. The molecule has 0 spiro atoms. The summed E-state index contributed by atoms with van der Waals surface area (Å²) in [5.41, 5.74) is 1.97. The van der Waals surface area contributed by atoms with E-state index in [9.17, 15) is 4.79 Å². The van der Waals surface area contributed by atoms with E-state index in [-0.39, 0.29) is 6.03 Å². The number of thioether (sulfide) groups is 1. The highest BCUT2D eigenvalue weighted by molar-refractivity contribution is 7.98. The standard InChI is InChI=1S/C20H25N3O2S/c1-3-25-18-10-6-5-9-17(18)22-12-14-23(15-13-22)20(24)21-16-8-4-7-11-19(16)26-2/h4-11H,3,12-15H2,1-2H3,(H,21,24). The lowest BCUT2D eigenvalue weighted by Crippen LogP contribution is -2.50. The fraction of sp³-hybridized carbons (Fsp3) is 0.350. The van der Waals surface area contributed by atoms with Crippen LogP contribution in [-0.2, 0) is 0 Å². The number of hydrogen-bond donors (Lipinski definition) is 1. The highest BCUT2D eigenvalue weighted by atomic mass is 32.2. The van der Waals surface area contributed by atoms with E-state index in [1.165, 1.54) is 0 Å². The largest absolute Gasteiger partial charge is 0.492 e. The summed E-state index contributed by atoms with van der Waals surface area (Å²) in [7, 11) is 0. The molecule has 0 saturated carbocycles. The average molecular weight is 372 g/mol. The lowest BCUT2D eigenvalue weighted by Gasteiger charge is -2.36. The Hall–Kier alpha value is -2.34. The first kappa shape index (κ1) is 18.5. The van der Waals surface area contributed by atoms with Crippen molar-refractivity contribution in [2.75, 3.05) is 49.3 Å². The van der Waals surface area contributed by atoms with Gasteiger partial charge in [-0.15, -0.1) is 11.8 Å². The second-order valence-electron chi connectivity index (χ2n) is 6.01. The Kier molecular flexibility index (Phi) is 6.28. The first-order valence-electron chi connectivity index (χ1n) is 8.88. The summed E-state index contributed by atoms with van der Waals surface area (Å²) >= 11 is 1.63.